The fraction of sp³-hybridized carbons (Fsp3) is 0.280. The van der Waals surface area contributed by atoms with Crippen LogP contribution in [0.3, 0.4) is 0 Å². The van der Waals surface area contributed by atoms with Crippen molar-refractivity contribution >= 4 is 38.7 Å². The summed E-state index contributed by atoms with van der Waals surface area (Å²) in [6.07, 6.45) is 13.5. The van der Waals surface area contributed by atoms with Gasteiger partial charge in [-0.1, -0.05) is 91.8 Å². The summed E-state index contributed by atoms with van der Waals surface area (Å²) < 4.78 is 0. The summed E-state index contributed by atoms with van der Waals surface area (Å²) in [5, 5.41) is 0. The van der Waals surface area contributed by atoms with Gasteiger partial charge in [0.15, 0.2) is 0 Å². The van der Waals surface area contributed by atoms with Gasteiger partial charge in [-0.05, 0) is 16.7 Å². The first-order valence-electron chi connectivity index (χ1n) is 9.82. The summed E-state index contributed by atoms with van der Waals surface area (Å²) in [4.78, 5) is 0. The van der Waals surface area contributed by atoms with Crippen molar-refractivity contribution in [3.63, 3.8) is 0 Å². The van der Waals surface area contributed by atoms with E-state index in [0.29, 0.717) is 11.8 Å². The van der Waals surface area contributed by atoms with Gasteiger partial charge in [-0.25, -0.2) is 0 Å². The normalized spacial score (nSPS) is 16.8. The van der Waals surface area contributed by atoms with Gasteiger partial charge in [-0.15, -0.1) is 12.0 Å². The van der Waals surface area contributed by atoms with E-state index in [0.717, 1.165) is 9.52 Å². The first kappa shape index (κ1) is 26.6. The summed E-state index contributed by atoms with van der Waals surface area (Å²) in [5.41, 5.74) is 5.58. The Balaban J connectivity index is 0.000000233. The second kappa shape index (κ2) is 16.3. The molecule has 0 aliphatic heterocycles. The Morgan fingerprint density at radius 2 is 1.41 bits per heavy atom. The van der Waals surface area contributed by atoms with Crippen molar-refractivity contribution < 1.29 is 20.8 Å². The van der Waals surface area contributed by atoms with Crippen LogP contribution < -0.4 is 0 Å². The van der Waals surface area contributed by atoms with Crippen molar-refractivity contribution in [3.8, 4) is 0 Å². The Labute approximate surface area is 199 Å². The van der Waals surface area contributed by atoms with Crippen molar-refractivity contribution in [3.05, 3.63) is 96.3 Å². The van der Waals surface area contributed by atoms with Crippen LogP contribution in [0, 0.1) is 13.3 Å². The average Bonchev–Trinajstić information content (AvgIpc) is 3.32. The number of fused-ring (bicyclic) bond motifs is 2. The van der Waals surface area contributed by atoms with Crippen LogP contribution in [0.2, 0.25) is 13.1 Å². The van der Waals surface area contributed by atoms with Crippen molar-refractivity contribution in [2.24, 2.45) is 0 Å². The molecule has 2 aliphatic rings. The van der Waals surface area contributed by atoms with Crippen LogP contribution in [-0.4, -0.2) is 9.52 Å². The molecule has 0 N–H and O–H groups in total. The van der Waals surface area contributed by atoms with Crippen LogP contribution in [0.5, 0.6) is 0 Å². The van der Waals surface area contributed by atoms with E-state index in [9.17, 15) is 0 Å². The molecule has 2 aromatic rings. The molecule has 0 spiro atoms. The molecule has 0 fully saturated rings. The van der Waals surface area contributed by atoms with Crippen LogP contribution in [0.25, 0.3) is 12.2 Å². The molecule has 2 radical (unpaired) electrons. The van der Waals surface area contributed by atoms with Crippen LogP contribution in [0.15, 0.2) is 60.7 Å². The number of halogens is 2. The second-order valence-electron chi connectivity index (χ2n) is 6.75. The zero-order valence-electron chi connectivity index (χ0n) is 17.5. The zero-order chi connectivity index (χ0) is 21.5. The average molecular weight is 521 g/mol. The third-order valence-corrected chi connectivity index (χ3v) is 4.57. The van der Waals surface area contributed by atoms with Crippen molar-refractivity contribution in [1.29, 1.82) is 0 Å². The van der Waals surface area contributed by atoms with E-state index in [1.54, 1.807) is 0 Å². The molecule has 2 aliphatic carbocycles. The van der Waals surface area contributed by atoms with Gasteiger partial charge < -0.3 is 13.3 Å². The van der Waals surface area contributed by atoms with E-state index in [1.807, 2.05) is 0 Å². The Hall–Kier alpha value is -0.400. The van der Waals surface area contributed by atoms with Crippen molar-refractivity contribution in [2.75, 3.05) is 0 Å². The van der Waals surface area contributed by atoms with Crippen LogP contribution >= 0.6 is 17.0 Å². The SMILES string of the molecule is C[CH-]CCC1C=Cc2ccccc21.C[Si]C.[CH2-]C1C=Cc2ccccc21.[Cl][Zr+2][Cl]. The first-order chi connectivity index (χ1) is 14.1. The topological polar surface area (TPSA) is 0 Å². The van der Waals surface area contributed by atoms with Gasteiger partial charge in [-0.3, -0.25) is 0 Å². The predicted octanol–water partition coefficient (Wildman–Crippen LogP) is 8.60. The minimum atomic E-state index is -0.826. The quantitative estimate of drug-likeness (QED) is 0.281. The summed E-state index contributed by atoms with van der Waals surface area (Å²) in [6, 6.07) is 17.1. The summed E-state index contributed by atoms with van der Waals surface area (Å²) in [6.45, 7) is 10.4. The third kappa shape index (κ3) is 9.52. The van der Waals surface area contributed by atoms with Gasteiger partial charge in [0, 0.05) is 15.4 Å². The standard InChI is InChI=1S/C13H15.C10H9.C2H6Si.2ClH.Zr/c1-2-3-6-11-9-10-12-7-4-5-8-13(11)12;1-8-6-7-9-4-2-3-5-10(8)9;1-3-2;;;/h2,4-5,7-11H,3,6H2,1H3;2-8H,1H2;1-2H3;2*1H;/q2*-1;;;;+4/p-2. The van der Waals surface area contributed by atoms with Gasteiger partial charge in [0.1, 0.15) is 0 Å². The van der Waals surface area contributed by atoms with E-state index in [-0.39, 0.29) is 0 Å². The monoisotopic (exact) mass is 518 g/mol. The van der Waals surface area contributed by atoms with E-state index in [2.05, 4.69) is 106 Å². The molecule has 2 atom stereocenters. The van der Waals surface area contributed by atoms with E-state index in [4.69, 9.17) is 17.0 Å². The predicted molar refractivity (Wildman–Crippen MR) is 130 cm³/mol. The number of hydrogen-bond acceptors (Lipinski definition) is 0. The molecule has 0 heterocycles. The van der Waals surface area contributed by atoms with Crippen LogP contribution in [-0.2, 0) is 20.8 Å². The molecule has 0 amide bonds. The maximum absolute atomic E-state index is 4.93. The number of unbranched alkanes of at least 4 members (excludes halogenated alkanes) is 1. The molecule has 4 heteroatoms. The molecular formula is C25H30Cl2SiZr. The molecule has 4 rings (SSSR count). The Morgan fingerprint density at radius 3 is 1.97 bits per heavy atom. The van der Waals surface area contributed by atoms with Crippen LogP contribution in [0.4, 0.5) is 0 Å². The van der Waals surface area contributed by atoms with Crippen molar-refractivity contribution in [1.82, 2.24) is 0 Å². The molecule has 2 aromatic carbocycles. The number of benzene rings is 2. The fourth-order valence-corrected chi connectivity index (χ4v) is 3.25. The van der Waals surface area contributed by atoms with Gasteiger partial charge in [0.05, 0.1) is 0 Å². The van der Waals surface area contributed by atoms with Gasteiger partial charge in [0.2, 0.25) is 0 Å². The van der Waals surface area contributed by atoms with Gasteiger partial charge in [0.25, 0.3) is 0 Å². The van der Waals surface area contributed by atoms with E-state index >= 15 is 0 Å². The molecule has 0 saturated carbocycles. The summed E-state index contributed by atoms with van der Waals surface area (Å²) in [5.74, 6) is 1.03. The van der Waals surface area contributed by atoms with E-state index in [1.165, 1.54) is 35.1 Å². The third-order valence-electron chi connectivity index (χ3n) is 4.57. The van der Waals surface area contributed by atoms with Crippen LogP contribution in [0.1, 0.15) is 53.9 Å². The number of hydrogen-bond donors (Lipinski definition) is 0. The minimum absolute atomic E-state index is 0.371. The zero-order valence-corrected chi connectivity index (χ0v) is 22.5. The first-order valence-corrected chi connectivity index (χ1v) is 18.2. The number of allylic oxidation sites excluding steroid dienone is 2. The Bertz CT molecular complexity index is 756. The number of rotatable bonds is 3. The molecule has 152 valence electrons. The molecular weight excluding hydrogens is 490 g/mol. The molecule has 0 aromatic heterocycles. The van der Waals surface area contributed by atoms with E-state index < -0.39 is 20.8 Å². The van der Waals surface area contributed by atoms with Gasteiger partial charge in [-0.2, -0.15) is 13.3 Å². The summed E-state index contributed by atoms with van der Waals surface area (Å²) >= 11 is -0.826. The Morgan fingerprint density at radius 1 is 0.931 bits per heavy atom. The second-order valence-corrected chi connectivity index (χ2v) is 11.5. The summed E-state index contributed by atoms with van der Waals surface area (Å²) in [7, 11) is 11.0. The molecule has 2 unspecified atom stereocenters. The van der Waals surface area contributed by atoms with Crippen molar-refractivity contribution in [2.45, 2.75) is 44.7 Å². The molecule has 0 saturated heterocycles. The fourth-order valence-electron chi connectivity index (χ4n) is 3.25. The maximum atomic E-state index is 4.93. The van der Waals surface area contributed by atoms with Gasteiger partial charge >= 0.3 is 37.9 Å². The molecule has 29 heavy (non-hydrogen) atoms. The Kier molecular flexibility index (Phi) is 15.0. The molecule has 0 nitrogen and oxygen atoms in total. The molecule has 0 bridgehead atoms.